The van der Waals surface area contributed by atoms with E-state index in [0.717, 1.165) is 12.1 Å². The molecule has 1 amide bonds. The molecule has 1 aliphatic rings. The molecular weight excluding hydrogens is 314 g/mol. The Morgan fingerprint density at radius 2 is 2.00 bits per heavy atom. The molecule has 0 spiro atoms. The van der Waals surface area contributed by atoms with Crippen LogP contribution in [-0.4, -0.2) is 29.1 Å². The lowest BCUT2D eigenvalue weighted by Gasteiger charge is -2.18. The van der Waals surface area contributed by atoms with Gasteiger partial charge in [0.25, 0.3) is 5.91 Å². The van der Waals surface area contributed by atoms with Crippen LogP contribution in [0.3, 0.4) is 0 Å². The van der Waals surface area contributed by atoms with Crippen LogP contribution < -0.4 is 4.72 Å². The average molecular weight is 331 g/mol. The van der Waals surface area contributed by atoms with Gasteiger partial charge in [0.15, 0.2) is 0 Å². The topological polar surface area (TPSA) is 81.1 Å². The second kappa shape index (κ2) is 6.37. The van der Waals surface area contributed by atoms with Gasteiger partial charge >= 0.3 is 0 Å². The van der Waals surface area contributed by atoms with Crippen molar-refractivity contribution in [2.75, 3.05) is 0 Å². The number of amides is 1. The smallest absolute Gasteiger partial charge is 0.264 e. The number of nitrogens with zero attached hydrogens (tertiary/aromatic N) is 2. The van der Waals surface area contributed by atoms with Crippen LogP contribution in [0.2, 0.25) is 0 Å². The van der Waals surface area contributed by atoms with Crippen LogP contribution in [0.15, 0.2) is 55.1 Å². The summed E-state index contributed by atoms with van der Waals surface area (Å²) in [5.41, 5.74) is 1.16. The molecule has 0 unspecified atom stereocenters. The molecule has 0 aliphatic heterocycles. The van der Waals surface area contributed by atoms with Crippen molar-refractivity contribution in [3.63, 3.8) is 0 Å². The number of sulfonamides is 1. The molecule has 1 aromatic heterocycles. The third kappa shape index (κ3) is 3.50. The highest BCUT2D eigenvalue weighted by atomic mass is 32.2. The number of benzene rings is 1. The van der Waals surface area contributed by atoms with Gasteiger partial charge in [-0.25, -0.2) is 18.1 Å². The van der Waals surface area contributed by atoms with Crippen LogP contribution in [-0.2, 0) is 10.0 Å². The first-order chi connectivity index (χ1) is 11.1. The molecule has 7 heteroatoms. The van der Waals surface area contributed by atoms with Gasteiger partial charge in [0, 0.05) is 23.6 Å². The van der Waals surface area contributed by atoms with Gasteiger partial charge in [0.2, 0.25) is 10.0 Å². The minimum Gasteiger partial charge on any atom is -0.306 e. The minimum absolute atomic E-state index is 0.309. The Bertz CT molecular complexity index is 809. The fourth-order valence-electron chi connectivity index (χ4n) is 2.52. The van der Waals surface area contributed by atoms with Gasteiger partial charge in [-0.3, -0.25) is 4.79 Å². The lowest BCUT2D eigenvalue weighted by Crippen LogP contribution is -2.38. The van der Waals surface area contributed by atoms with E-state index in [1.54, 1.807) is 47.6 Å². The second-order valence-electron chi connectivity index (χ2n) is 5.40. The van der Waals surface area contributed by atoms with Gasteiger partial charge in [-0.1, -0.05) is 12.2 Å². The molecule has 0 saturated carbocycles. The highest BCUT2D eigenvalue weighted by molar-refractivity contribution is 7.90. The molecule has 23 heavy (non-hydrogen) atoms. The van der Waals surface area contributed by atoms with Gasteiger partial charge in [0.05, 0.1) is 11.6 Å². The zero-order chi connectivity index (χ0) is 16.3. The minimum atomic E-state index is -3.65. The van der Waals surface area contributed by atoms with Gasteiger partial charge in [-0.05, 0) is 43.5 Å². The third-order valence-electron chi connectivity index (χ3n) is 3.83. The highest BCUT2D eigenvalue weighted by Crippen LogP contribution is 2.18. The number of aromatic nitrogens is 2. The maximum absolute atomic E-state index is 12.2. The van der Waals surface area contributed by atoms with Crippen LogP contribution >= 0.6 is 0 Å². The van der Waals surface area contributed by atoms with Crippen LogP contribution in [0.25, 0.3) is 5.69 Å². The summed E-state index contributed by atoms with van der Waals surface area (Å²) >= 11 is 0. The zero-order valence-corrected chi connectivity index (χ0v) is 13.2. The van der Waals surface area contributed by atoms with Crippen molar-refractivity contribution >= 4 is 15.9 Å². The molecule has 1 heterocycles. The van der Waals surface area contributed by atoms with E-state index in [-0.39, 0.29) is 0 Å². The van der Waals surface area contributed by atoms with Gasteiger partial charge in [0.1, 0.15) is 0 Å². The number of imidazole rings is 1. The van der Waals surface area contributed by atoms with Crippen LogP contribution in [0.4, 0.5) is 0 Å². The van der Waals surface area contributed by atoms with Crippen LogP contribution in [0.1, 0.15) is 29.6 Å². The van der Waals surface area contributed by atoms with Crippen molar-refractivity contribution in [1.82, 2.24) is 14.3 Å². The Morgan fingerprint density at radius 3 is 2.61 bits per heavy atom. The van der Waals surface area contributed by atoms with Crippen molar-refractivity contribution < 1.29 is 13.2 Å². The molecular formula is C16H17N3O3S. The number of nitrogens with one attached hydrogen (secondary N) is 1. The molecule has 1 atom stereocenters. The van der Waals surface area contributed by atoms with Crippen molar-refractivity contribution in [1.29, 1.82) is 0 Å². The van der Waals surface area contributed by atoms with E-state index in [4.69, 9.17) is 0 Å². The number of rotatable bonds is 4. The summed E-state index contributed by atoms with van der Waals surface area (Å²) in [4.78, 5) is 16.1. The molecule has 0 bridgehead atoms. The SMILES string of the molecule is O=C(NS(=O)(=O)[C@@H]1CC=CCC1)c1ccc(-n2ccnc2)cc1. The quantitative estimate of drug-likeness (QED) is 0.869. The van der Waals surface area contributed by atoms with Crippen molar-refractivity contribution in [2.45, 2.75) is 24.5 Å². The monoisotopic (exact) mass is 331 g/mol. The molecule has 1 N–H and O–H groups in total. The summed E-state index contributed by atoms with van der Waals surface area (Å²) in [6.45, 7) is 0. The van der Waals surface area contributed by atoms with Crippen LogP contribution in [0, 0.1) is 0 Å². The summed E-state index contributed by atoms with van der Waals surface area (Å²) in [7, 11) is -3.65. The van der Waals surface area contributed by atoms with Gasteiger partial charge < -0.3 is 4.57 Å². The maximum atomic E-state index is 12.2. The second-order valence-corrected chi connectivity index (χ2v) is 7.36. The molecule has 1 aliphatic carbocycles. The molecule has 0 radical (unpaired) electrons. The van der Waals surface area contributed by atoms with Crippen LogP contribution in [0.5, 0.6) is 0 Å². The van der Waals surface area contributed by atoms with E-state index in [0.29, 0.717) is 18.4 Å². The van der Waals surface area contributed by atoms with E-state index >= 15 is 0 Å². The summed E-state index contributed by atoms with van der Waals surface area (Å²) in [6.07, 6.45) is 10.6. The average Bonchev–Trinajstić information content (AvgIpc) is 3.10. The molecule has 3 rings (SSSR count). The first-order valence-electron chi connectivity index (χ1n) is 7.35. The van der Waals surface area contributed by atoms with E-state index in [1.807, 2.05) is 12.2 Å². The lowest BCUT2D eigenvalue weighted by molar-refractivity contribution is 0.0981. The Balaban J connectivity index is 1.72. The summed E-state index contributed by atoms with van der Waals surface area (Å²) in [5, 5.41) is -0.540. The number of hydrogen-bond acceptors (Lipinski definition) is 4. The zero-order valence-electron chi connectivity index (χ0n) is 12.4. The summed E-state index contributed by atoms with van der Waals surface area (Å²) in [6, 6.07) is 6.68. The summed E-state index contributed by atoms with van der Waals surface area (Å²) in [5.74, 6) is -0.600. The standard InChI is InChI=1S/C16H17N3O3S/c20-16(18-23(21,22)15-4-2-1-3-5-15)13-6-8-14(9-7-13)19-11-10-17-12-19/h1-2,6-12,15H,3-5H2,(H,18,20)/t15-/m1/s1. The first kappa shape index (κ1) is 15.5. The normalized spacial score (nSPS) is 17.8. The van der Waals surface area contributed by atoms with Crippen molar-refractivity contribution in [3.8, 4) is 5.69 Å². The Hall–Kier alpha value is -2.41. The first-order valence-corrected chi connectivity index (χ1v) is 8.90. The molecule has 6 nitrogen and oxygen atoms in total. The fourth-order valence-corrected chi connectivity index (χ4v) is 3.87. The molecule has 1 aromatic carbocycles. The summed E-state index contributed by atoms with van der Waals surface area (Å²) < 4.78 is 28.5. The molecule has 2 aromatic rings. The van der Waals surface area contributed by atoms with Gasteiger partial charge in [-0.2, -0.15) is 0 Å². The Morgan fingerprint density at radius 1 is 1.22 bits per heavy atom. The largest absolute Gasteiger partial charge is 0.306 e. The van der Waals surface area contributed by atoms with E-state index in [9.17, 15) is 13.2 Å². The fraction of sp³-hybridized carbons (Fsp3) is 0.250. The predicted molar refractivity (Wildman–Crippen MR) is 86.7 cm³/mol. The van der Waals surface area contributed by atoms with Gasteiger partial charge in [-0.15, -0.1) is 0 Å². The predicted octanol–water partition coefficient (Wildman–Crippen LogP) is 2.04. The maximum Gasteiger partial charge on any atom is 0.264 e. The Kier molecular flexibility index (Phi) is 4.29. The number of carbonyl (C=O) groups excluding carboxylic acids is 1. The van der Waals surface area contributed by atoms with Crippen molar-refractivity contribution in [2.24, 2.45) is 0 Å². The number of allylic oxidation sites excluding steroid dienone is 2. The van der Waals surface area contributed by atoms with E-state index in [2.05, 4.69) is 9.71 Å². The molecule has 0 saturated heterocycles. The number of carbonyl (C=O) groups is 1. The highest BCUT2D eigenvalue weighted by Gasteiger charge is 2.27. The lowest BCUT2D eigenvalue weighted by atomic mass is 10.1. The molecule has 0 fully saturated rings. The third-order valence-corrected chi connectivity index (χ3v) is 5.60. The molecule has 120 valence electrons. The van der Waals surface area contributed by atoms with Crippen molar-refractivity contribution in [3.05, 3.63) is 60.7 Å². The van der Waals surface area contributed by atoms with E-state index in [1.165, 1.54) is 0 Å². The number of hydrogen-bond donors (Lipinski definition) is 1. The van der Waals surface area contributed by atoms with E-state index < -0.39 is 21.2 Å². The Labute approximate surface area is 134 Å².